The van der Waals surface area contributed by atoms with Gasteiger partial charge in [-0.1, -0.05) is 6.92 Å². The number of nitrogens with zero attached hydrogens (tertiary/aromatic N) is 4. The van der Waals surface area contributed by atoms with Gasteiger partial charge in [-0.25, -0.2) is 15.2 Å². The topological polar surface area (TPSA) is 255 Å². The molecule has 0 bridgehead atoms. The van der Waals surface area contributed by atoms with E-state index in [1.807, 2.05) is 0 Å². The van der Waals surface area contributed by atoms with Crippen LogP contribution in [0.25, 0.3) is 0 Å². The molecule has 0 aromatic heterocycles. The van der Waals surface area contributed by atoms with Crippen molar-refractivity contribution in [1.82, 2.24) is 31.1 Å². The summed E-state index contributed by atoms with van der Waals surface area (Å²) in [6, 6.07) is -1.99. The van der Waals surface area contributed by atoms with Gasteiger partial charge < -0.3 is 21.7 Å². The van der Waals surface area contributed by atoms with E-state index in [2.05, 4.69) is 16.0 Å². The lowest BCUT2D eigenvalue weighted by atomic mass is 9.98. The molecule has 0 fully saturated rings. The van der Waals surface area contributed by atoms with Crippen LogP contribution in [0.2, 0.25) is 0 Å². The molecule has 0 aliphatic carbocycles. The van der Waals surface area contributed by atoms with Gasteiger partial charge in [0.05, 0.1) is 26.2 Å². The van der Waals surface area contributed by atoms with Crippen molar-refractivity contribution < 1.29 is 49.1 Å². The minimum atomic E-state index is -1.32. The van der Waals surface area contributed by atoms with E-state index in [-0.39, 0.29) is 70.9 Å². The number of hydrogen-bond donors (Lipinski definition) is 7. The van der Waals surface area contributed by atoms with Crippen LogP contribution < -0.4 is 21.7 Å². The molecular formula is C27H51N8O10+. The Kier molecular flexibility index (Phi) is 21.0. The van der Waals surface area contributed by atoms with Gasteiger partial charge in [-0.15, -0.1) is 0 Å². The quantitative estimate of drug-likeness (QED) is 0.0260. The standard InChI is InChI=1S/C27H50N8O10/c1-5-24(39)18-30-12-16-35(45)25(10-15-34(44)21(4)38)27(41)31-23(9-14-33(43)20(3)37)17-29-11-6-7-22(26(28)40)8-13-32(42)19(2)36/h22-23,25,29-30,42-44H,5-18H2,1-4H3,(H2-,28,31,40,41)/p+1/t22-,23-,25-/m0/s1. The summed E-state index contributed by atoms with van der Waals surface area (Å²) in [6.07, 6.45) is 1.23. The number of primary amides is 1. The van der Waals surface area contributed by atoms with Crippen molar-refractivity contribution >= 4 is 35.3 Å². The van der Waals surface area contributed by atoms with E-state index in [0.29, 0.717) is 45.8 Å². The fourth-order valence-corrected chi connectivity index (χ4v) is 4.08. The largest absolute Gasteiger partial charge is 0.369 e. The predicted octanol–water partition coefficient (Wildman–Crippen LogP) is -1.46. The summed E-state index contributed by atoms with van der Waals surface area (Å²) in [5.74, 6) is -3.76. The van der Waals surface area contributed by atoms with E-state index >= 15 is 0 Å². The number of ketones is 1. The van der Waals surface area contributed by atoms with Gasteiger partial charge in [-0.2, -0.15) is 0 Å². The van der Waals surface area contributed by atoms with Gasteiger partial charge in [-0.05, 0) is 32.2 Å². The maximum Gasteiger partial charge on any atom is 0.293 e. The highest BCUT2D eigenvalue weighted by molar-refractivity contribution is 5.81. The summed E-state index contributed by atoms with van der Waals surface area (Å²) in [6.45, 7) is 5.23. The van der Waals surface area contributed by atoms with Crippen molar-refractivity contribution in [3.05, 3.63) is 4.91 Å². The highest BCUT2D eigenvalue weighted by Crippen LogP contribution is 2.11. The Morgan fingerprint density at radius 2 is 1.31 bits per heavy atom. The summed E-state index contributed by atoms with van der Waals surface area (Å²) in [7, 11) is 0. The highest BCUT2D eigenvalue weighted by atomic mass is 16.5. The first kappa shape index (κ1) is 41.4. The maximum absolute atomic E-state index is 13.3. The number of nitrogens with one attached hydrogen (secondary N) is 3. The Labute approximate surface area is 263 Å². The molecule has 3 atom stereocenters. The maximum atomic E-state index is 13.3. The van der Waals surface area contributed by atoms with E-state index in [9.17, 15) is 49.3 Å². The molecule has 0 saturated carbocycles. The molecule has 0 aromatic rings. The third-order valence-electron chi connectivity index (χ3n) is 7.00. The molecule has 258 valence electrons. The third-order valence-corrected chi connectivity index (χ3v) is 7.00. The van der Waals surface area contributed by atoms with Crippen LogP contribution in [0.5, 0.6) is 0 Å². The smallest absolute Gasteiger partial charge is 0.293 e. The number of carbonyl (C=O) groups is 6. The first-order valence-electron chi connectivity index (χ1n) is 15.0. The molecule has 5 amide bonds. The minimum Gasteiger partial charge on any atom is -0.369 e. The molecule has 0 aliphatic rings. The lowest BCUT2D eigenvalue weighted by Gasteiger charge is -2.23. The monoisotopic (exact) mass is 647 g/mol. The SMILES string of the molecule is CCC(=O)CNCC[N+](=O)[C@@H](CCN(O)C(C)=O)C(=O)N[C@@H](CCN(O)C(C)=O)CNCCC[C@@H](CCN(O)C(C)=O)C(N)=O. The second-order valence-corrected chi connectivity index (χ2v) is 10.7. The van der Waals surface area contributed by atoms with Crippen LogP contribution in [-0.2, 0) is 28.8 Å². The first-order valence-corrected chi connectivity index (χ1v) is 15.0. The highest BCUT2D eigenvalue weighted by Gasteiger charge is 2.35. The zero-order valence-corrected chi connectivity index (χ0v) is 26.7. The first-order chi connectivity index (χ1) is 21.1. The number of hydroxylamine groups is 6. The van der Waals surface area contributed by atoms with Crippen LogP contribution in [0, 0.1) is 10.8 Å². The Morgan fingerprint density at radius 3 is 1.82 bits per heavy atom. The lowest BCUT2D eigenvalue weighted by molar-refractivity contribution is -0.572. The van der Waals surface area contributed by atoms with Gasteiger partial charge in [0.15, 0.2) is 0 Å². The van der Waals surface area contributed by atoms with Crippen LogP contribution in [0.4, 0.5) is 0 Å². The van der Waals surface area contributed by atoms with Gasteiger partial charge in [0.25, 0.3) is 11.9 Å². The molecule has 0 aromatic carbocycles. The number of nitrogens with two attached hydrogens (primary N) is 1. The van der Waals surface area contributed by atoms with Crippen molar-refractivity contribution in [2.45, 2.75) is 78.3 Å². The number of nitroso groups, excluding NO2 is 1. The summed E-state index contributed by atoms with van der Waals surface area (Å²) in [4.78, 5) is 83.6. The van der Waals surface area contributed by atoms with Crippen LogP contribution in [0.15, 0.2) is 0 Å². The van der Waals surface area contributed by atoms with E-state index in [0.717, 1.165) is 13.8 Å². The Balaban J connectivity index is 5.38. The molecule has 18 nitrogen and oxygen atoms in total. The lowest BCUT2D eigenvalue weighted by Crippen LogP contribution is -2.51. The van der Waals surface area contributed by atoms with Crippen molar-refractivity contribution in [2.75, 3.05) is 52.4 Å². The summed E-state index contributed by atoms with van der Waals surface area (Å²) in [5, 5.41) is 39.2. The van der Waals surface area contributed by atoms with Gasteiger partial charge in [0.1, 0.15) is 5.78 Å². The Bertz CT molecular complexity index is 999. The van der Waals surface area contributed by atoms with Gasteiger partial charge in [0, 0.05) is 68.3 Å². The molecule has 0 radical (unpaired) electrons. The van der Waals surface area contributed by atoms with E-state index in [1.54, 1.807) is 6.92 Å². The molecule has 0 heterocycles. The number of rotatable bonds is 25. The van der Waals surface area contributed by atoms with Crippen molar-refractivity contribution in [2.24, 2.45) is 11.7 Å². The van der Waals surface area contributed by atoms with Crippen molar-refractivity contribution in [1.29, 1.82) is 0 Å². The zero-order valence-electron chi connectivity index (χ0n) is 26.7. The third kappa shape index (κ3) is 18.7. The van der Waals surface area contributed by atoms with E-state index in [1.165, 1.54) is 6.92 Å². The Hall–Kier alpha value is -3.58. The second-order valence-electron chi connectivity index (χ2n) is 10.7. The van der Waals surface area contributed by atoms with E-state index < -0.39 is 47.5 Å². The average molecular weight is 648 g/mol. The fraction of sp³-hybridized carbons (Fsp3) is 0.778. The normalized spacial score (nSPS) is 12.9. The summed E-state index contributed by atoms with van der Waals surface area (Å²) < 4.78 is 0.495. The van der Waals surface area contributed by atoms with Crippen LogP contribution in [0.3, 0.4) is 0 Å². The van der Waals surface area contributed by atoms with Crippen LogP contribution in [-0.4, -0.2) is 135 Å². The number of hydrogen-bond acceptors (Lipinski definition) is 12. The Morgan fingerprint density at radius 1 is 0.778 bits per heavy atom. The average Bonchev–Trinajstić information content (AvgIpc) is 2.97. The molecular weight excluding hydrogens is 596 g/mol. The molecule has 45 heavy (non-hydrogen) atoms. The molecule has 8 N–H and O–H groups in total. The minimum absolute atomic E-state index is 0.0483. The molecule has 0 spiro atoms. The molecule has 0 unspecified atom stereocenters. The number of Topliss-reactive ketones (excluding diaryl/α,β-unsaturated/α-hetero) is 1. The second kappa shape index (κ2) is 22.9. The van der Waals surface area contributed by atoms with Gasteiger partial charge >= 0.3 is 0 Å². The van der Waals surface area contributed by atoms with Crippen molar-refractivity contribution in [3.63, 3.8) is 0 Å². The molecule has 0 rings (SSSR count). The molecule has 0 aliphatic heterocycles. The fourth-order valence-electron chi connectivity index (χ4n) is 4.08. The summed E-state index contributed by atoms with van der Waals surface area (Å²) >= 11 is 0. The number of carbonyl (C=O) groups excluding carboxylic acids is 6. The zero-order chi connectivity index (χ0) is 34.5. The number of amides is 5. The predicted molar refractivity (Wildman–Crippen MR) is 159 cm³/mol. The summed E-state index contributed by atoms with van der Waals surface area (Å²) in [5.41, 5.74) is 5.45. The van der Waals surface area contributed by atoms with Gasteiger partial charge in [0.2, 0.25) is 30.2 Å². The van der Waals surface area contributed by atoms with E-state index in [4.69, 9.17) is 5.73 Å². The van der Waals surface area contributed by atoms with Gasteiger partial charge in [-0.3, -0.25) is 44.4 Å². The molecule has 18 heteroatoms. The van der Waals surface area contributed by atoms with Crippen LogP contribution in [0.1, 0.15) is 66.2 Å². The van der Waals surface area contributed by atoms with Crippen LogP contribution >= 0.6 is 0 Å². The molecule has 0 saturated heterocycles. The van der Waals surface area contributed by atoms with Crippen molar-refractivity contribution in [3.8, 4) is 0 Å².